The van der Waals surface area contributed by atoms with Crippen molar-refractivity contribution < 1.29 is 5.11 Å². The predicted molar refractivity (Wildman–Crippen MR) is 173 cm³/mol. The number of anilines is 2. The molecule has 0 saturated carbocycles. The zero-order valence-electron chi connectivity index (χ0n) is 23.9. The molecule has 0 radical (unpaired) electrons. The van der Waals surface area contributed by atoms with Crippen molar-refractivity contribution in [2.45, 2.75) is 6.92 Å². The van der Waals surface area contributed by atoms with Gasteiger partial charge in [0, 0.05) is 56.6 Å². The Morgan fingerprint density at radius 3 is 2.19 bits per heavy atom. The molecular weight excluding hydrogens is 614 g/mol. The van der Waals surface area contributed by atoms with Crippen LogP contribution in [0.3, 0.4) is 0 Å². The number of aromatic nitrogens is 4. The second-order valence-electron chi connectivity index (χ2n) is 10.6. The third kappa shape index (κ3) is 5.07. The summed E-state index contributed by atoms with van der Waals surface area (Å²) in [5.41, 5.74) is 3.31. The van der Waals surface area contributed by atoms with E-state index in [-0.39, 0.29) is 11.3 Å². The standard InChI is InChI=1S/C31H30BrN7O4/c1-19-15-21(9-10-23(19)32)39-29(41)22(28(40)34-30(39)42)18-33-24-16-26-27(36(3)31(43)35(26)2)17-25(24)38-13-11-37(12-14-38)20-7-5-4-6-8-20/h4-10,15-18,41H,11-14H2,1-3H3,(H,34,40,42). The van der Waals surface area contributed by atoms with E-state index in [1.165, 1.54) is 6.21 Å². The van der Waals surface area contributed by atoms with Crippen LogP contribution in [0.5, 0.6) is 5.88 Å². The molecule has 0 spiro atoms. The molecule has 1 saturated heterocycles. The summed E-state index contributed by atoms with van der Waals surface area (Å²) in [6.07, 6.45) is 1.27. The number of nitrogens with one attached hydrogen (secondary N) is 1. The molecule has 1 aliphatic heterocycles. The number of halogens is 1. The molecule has 1 fully saturated rings. The molecule has 2 aromatic heterocycles. The number of nitrogens with zero attached hydrogens (tertiary/aromatic N) is 6. The van der Waals surface area contributed by atoms with Crippen LogP contribution >= 0.6 is 15.9 Å². The summed E-state index contributed by atoms with van der Waals surface area (Å²) >= 11 is 3.44. The van der Waals surface area contributed by atoms with Gasteiger partial charge in [-0.2, -0.15) is 0 Å². The Balaban J connectivity index is 1.43. The molecule has 0 bridgehead atoms. The van der Waals surface area contributed by atoms with E-state index in [1.54, 1.807) is 41.4 Å². The van der Waals surface area contributed by atoms with E-state index in [9.17, 15) is 19.5 Å². The molecule has 0 atom stereocenters. The van der Waals surface area contributed by atoms with Crippen LogP contribution in [0.25, 0.3) is 16.7 Å². The molecule has 0 aliphatic carbocycles. The number of aliphatic imine (C=N–C) groups is 1. The summed E-state index contributed by atoms with van der Waals surface area (Å²) in [7, 11) is 3.43. The highest BCUT2D eigenvalue weighted by atomic mass is 79.9. The summed E-state index contributed by atoms with van der Waals surface area (Å²) in [5.74, 6) is -0.523. The van der Waals surface area contributed by atoms with Crippen LogP contribution in [-0.4, -0.2) is 56.2 Å². The molecule has 220 valence electrons. The Hall–Kier alpha value is -4.84. The van der Waals surface area contributed by atoms with E-state index in [0.29, 0.717) is 30.0 Å². The van der Waals surface area contributed by atoms with Crippen LogP contribution in [0.4, 0.5) is 17.1 Å². The minimum atomic E-state index is -0.765. The van der Waals surface area contributed by atoms with Crippen molar-refractivity contribution in [3.8, 4) is 11.6 Å². The van der Waals surface area contributed by atoms with Gasteiger partial charge in [0.1, 0.15) is 5.56 Å². The van der Waals surface area contributed by atoms with Crippen LogP contribution in [0.1, 0.15) is 11.1 Å². The summed E-state index contributed by atoms with van der Waals surface area (Å²) in [4.78, 5) is 49.8. The maximum absolute atomic E-state index is 12.9. The Bertz CT molecular complexity index is 2070. The number of imidazole rings is 1. The van der Waals surface area contributed by atoms with Crippen molar-refractivity contribution in [1.29, 1.82) is 0 Å². The number of rotatable bonds is 5. The van der Waals surface area contributed by atoms with E-state index >= 15 is 0 Å². The topological polar surface area (TPSA) is 121 Å². The molecule has 12 heteroatoms. The first-order chi connectivity index (χ1) is 20.6. The van der Waals surface area contributed by atoms with Gasteiger partial charge in [-0.15, -0.1) is 0 Å². The highest BCUT2D eigenvalue weighted by Crippen LogP contribution is 2.34. The summed E-state index contributed by atoms with van der Waals surface area (Å²) in [5, 5.41) is 11.1. The average molecular weight is 645 g/mol. The molecule has 5 aromatic rings. The number of aromatic amines is 1. The van der Waals surface area contributed by atoms with Gasteiger partial charge in [-0.1, -0.05) is 34.1 Å². The van der Waals surface area contributed by atoms with Crippen molar-refractivity contribution >= 4 is 50.2 Å². The first kappa shape index (κ1) is 28.3. The van der Waals surface area contributed by atoms with Crippen molar-refractivity contribution in [3.63, 3.8) is 0 Å². The lowest BCUT2D eigenvalue weighted by Gasteiger charge is -2.37. The van der Waals surface area contributed by atoms with Gasteiger partial charge in [0.05, 0.1) is 28.1 Å². The Morgan fingerprint density at radius 1 is 0.860 bits per heavy atom. The van der Waals surface area contributed by atoms with Gasteiger partial charge >= 0.3 is 11.4 Å². The van der Waals surface area contributed by atoms with Gasteiger partial charge in [-0.05, 0) is 55.0 Å². The zero-order chi connectivity index (χ0) is 30.4. The second kappa shape index (κ2) is 11.1. The summed E-state index contributed by atoms with van der Waals surface area (Å²) < 4.78 is 5.03. The molecule has 6 rings (SSSR count). The summed E-state index contributed by atoms with van der Waals surface area (Å²) in [6, 6.07) is 19.1. The maximum atomic E-state index is 12.9. The lowest BCUT2D eigenvalue weighted by Crippen LogP contribution is -2.46. The van der Waals surface area contributed by atoms with Crippen LogP contribution in [0, 0.1) is 6.92 Å². The first-order valence-electron chi connectivity index (χ1n) is 13.8. The number of piperazine rings is 1. The SMILES string of the molecule is Cc1cc(-n2c(O)c(C=Nc3cc4c(cc3N3CCN(c5ccccc5)CC3)n(C)c(=O)n4C)c(=O)[nH]c2=O)ccc1Br. The lowest BCUT2D eigenvalue weighted by atomic mass is 10.1. The number of para-hydroxylation sites is 1. The van der Waals surface area contributed by atoms with Crippen molar-refractivity contribution in [2.24, 2.45) is 19.1 Å². The Labute approximate surface area is 254 Å². The van der Waals surface area contributed by atoms with Gasteiger partial charge in [-0.25, -0.2) is 14.2 Å². The lowest BCUT2D eigenvalue weighted by molar-refractivity contribution is 0.430. The number of aryl methyl sites for hydroxylation is 3. The van der Waals surface area contributed by atoms with E-state index in [2.05, 4.69) is 47.8 Å². The smallest absolute Gasteiger partial charge is 0.335 e. The number of H-pyrrole nitrogens is 1. The molecule has 0 amide bonds. The fourth-order valence-electron chi connectivity index (χ4n) is 5.52. The Kier molecular flexibility index (Phi) is 7.30. The number of benzene rings is 3. The van der Waals surface area contributed by atoms with Crippen LogP contribution in [0.15, 0.2) is 84.5 Å². The molecule has 3 heterocycles. The molecule has 0 unspecified atom stereocenters. The highest BCUT2D eigenvalue weighted by molar-refractivity contribution is 9.10. The van der Waals surface area contributed by atoms with E-state index in [1.807, 2.05) is 37.3 Å². The van der Waals surface area contributed by atoms with E-state index in [4.69, 9.17) is 0 Å². The van der Waals surface area contributed by atoms with Gasteiger partial charge in [0.15, 0.2) is 0 Å². The number of hydrogen-bond acceptors (Lipinski definition) is 7. The molecule has 11 nitrogen and oxygen atoms in total. The molecule has 3 aromatic carbocycles. The first-order valence-corrected chi connectivity index (χ1v) is 14.6. The molecular formula is C31H30BrN7O4. The predicted octanol–water partition coefficient (Wildman–Crippen LogP) is 3.57. The van der Waals surface area contributed by atoms with Crippen molar-refractivity contribution in [3.05, 3.63) is 108 Å². The monoisotopic (exact) mass is 643 g/mol. The van der Waals surface area contributed by atoms with Gasteiger partial charge < -0.3 is 14.9 Å². The van der Waals surface area contributed by atoms with Gasteiger partial charge in [0.2, 0.25) is 5.88 Å². The molecule has 2 N–H and O–H groups in total. The van der Waals surface area contributed by atoms with Gasteiger partial charge in [-0.3, -0.25) is 23.9 Å². The number of hydrogen-bond donors (Lipinski definition) is 2. The zero-order valence-corrected chi connectivity index (χ0v) is 25.5. The third-order valence-electron chi connectivity index (χ3n) is 7.96. The number of aromatic hydroxyl groups is 1. The minimum Gasteiger partial charge on any atom is -0.493 e. The maximum Gasteiger partial charge on any atom is 0.335 e. The van der Waals surface area contributed by atoms with Crippen molar-refractivity contribution in [1.82, 2.24) is 18.7 Å². The second-order valence-corrected chi connectivity index (χ2v) is 11.4. The molecule has 43 heavy (non-hydrogen) atoms. The van der Waals surface area contributed by atoms with Crippen molar-refractivity contribution in [2.75, 3.05) is 36.0 Å². The minimum absolute atomic E-state index is 0.165. The normalized spacial score (nSPS) is 13.9. The fraction of sp³-hybridized carbons (Fsp3) is 0.226. The van der Waals surface area contributed by atoms with E-state index in [0.717, 1.165) is 44.6 Å². The Morgan fingerprint density at radius 2 is 1.51 bits per heavy atom. The quantitative estimate of drug-likeness (QED) is 0.283. The average Bonchev–Trinajstić information content (AvgIpc) is 3.21. The molecule has 1 aliphatic rings. The van der Waals surface area contributed by atoms with Crippen LogP contribution in [0.2, 0.25) is 0 Å². The summed E-state index contributed by atoms with van der Waals surface area (Å²) in [6.45, 7) is 4.86. The largest absolute Gasteiger partial charge is 0.493 e. The fourth-order valence-corrected chi connectivity index (χ4v) is 5.77. The number of fused-ring (bicyclic) bond motifs is 1. The van der Waals surface area contributed by atoms with E-state index < -0.39 is 17.1 Å². The van der Waals surface area contributed by atoms with Crippen LogP contribution in [-0.2, 0) is 14.1 Å². The third-order valence-corrected chi connectivity index (χ3v) is 8.85. The van der Waals surface area contributed by atoms with Crippen LogP contribution < -0.4 is 26.7 Å². The highest BCUT2D eigenvalue weighted by Gasteiger charge is 2.22. The van der Waals surface area contributed by atoms with Gasteiger partial charge in [0.25, 0.3) is 5.56 Å².